The SMILES string of the molecule is Cc1sc(NC(=O)c2cc(-c3ccc4c(c3)OCO4)nc3ccccc23)c(C(=O)OC(C)C)c1C. The zero-order valence-corrected chi connectivity index (χ0v) is 20.6. The predicted molar refractivity (Wildman–Crippen MR) is 136 cm³/mol. The minimum Gasteiger partial charge on any atom is -0.459 e. The lowest BCUT2D eigenvalue weighted by Crippen LogP contribution is -2.17. The molecule has 1 aliphatic rings. The molecule has 1 amide bonds. The number of nitrogens with zero attached hydrogens (tertiary/aromatic N) is 1. The van der Waals surface area contributed by atoms with Gasteiger partial charge in [0.25, 0.3) is 5.91 Å². The average Bonchev–Trinajstić information content (AvgIpc) is 3.41. The lowest BCUT2D eigenvalue weighted by Gasteiger charge is -2.12. The van der Waals surface area contributed by atoms with Gasteiger partial charge in [-0.25, -0.2) is 9.78 Å². The summed E-state index contributed by atoms with van der Waals surface area (Å²) in [4.78, 5) is 32.1. The van der Waals surface area contributed by atoms with Gasteiger partial charge in [-0.1, -0.05) is 18.2 Å². The molecule has 7 nitrogen and oxygen atoms in total. The molecular formula is C27H24N2O5S. The fourth-order valence-corrected chi connectivity index (χ4v) is 5.01. The van der Waals surface area contributed by atoms with Gasteiger partial charge in [-0.2, -0.15) is 0 Å². The van der Waals surface area contributed by atoms with Crippen LogP contribution < -0.4 is 14.8 Å². The summed E-state index contributed by atoms with van der Waals surface area (Å²) in [5.74, 6) is 0.543. The van der Waals surface area contributed by atoms with Crippen molar-refractivity contribution in [1.82, 2.24) is 4.98 Å². The first-order chi connectivity index (χ1) is 16.8. The normalized spacial score (nSPS) is 12.3. The second-order valence-electron chi connectivity index (χ2n) is 8.54. The second-order valence-corrected chi connectivity index (χ2v) is 9.76. The molecule has 1 N–H and O–H groups in total. The Balaban J connectivity index is 1.56. The van der Waals surface area contributed by atoms with Crippen molar-refractivity contribution in [3.05, 3.63) is 70.1 Å². The number of fused-ring (bicyclic) bond motifs is 2. The average molecular weight is 489 g/mol. The molecule has 5 rings (SSSR count). The second kappa shape index (κ2) is 9.03. The van der Waals surface area contributed by atoms with Crippen molar-refractivity contribution in [2.24, 2.45) is 0 Å². The van der Waals surface area contributed by atoms with E-state index in [4.69, 9.17) is 19.2 Å². The van der Waals surface area contributed by atoms with Crippen LogP contribution in [0.25, 0.3) is 22.2 Å². The highest BCUT2D eigenvalue weighted by Gasteiger charge is 2.24. The minimum atomic E-state index is -0.446. The number of ether oxygens (including phenoxy) is 3. The topological polar surface area (TPSA) is 86.8 Å². The van der Waals surface area contributed by atoms with Crippen LogP contribution in [0.1, 0.15) is 45.0 Å². The summed E-state index contributed by atoms with van der Waals surface area (Å²) in [6.07, 6.45) is -0.265. The van der Waals surface area contributed by atoms with Gasteiger partial charge < -0.3 is 19.5 Å². The van der Waals surface area contributed by atoms with Crippen LogP contribution in [0.3, 0.4) is 0 Å². The van der Waals surface area contributed by atoms with Crippen LogP contribution in [0.4, 0.5) is 5.00 Å². The molecule has 0 aliphatic carbocycles. The molecule has 0 unspecified atom stereocenters. The highest BCUT2D eigenvalue weighted by molar-refractivity contribution is 7.16. The van der Waals surface area contributed by atoms with E-state index in [1.807, 2.05) is 56.3 Å². The summed E-state index contributed by atoms with van der Waals surface area (Å²) in [6, 6.07) is 14.8. The van der Waals surface area contributed by atoms with Crippen LogP contribution in [0.15, 0.2) is 48.5 Å². The van der Waals surface area contributed by atoms with Crippen molar-refractivity contribution >= 4 is 39.1 Å². The third-order valence-electron chi connectivity index (χ3n) is 5.79. The Bertz CT molecular complexity index is 1470. The Labute approximate surface area is 206 Å². The van der Waals surface area contributed by atoms with Gasteiger partial charge in [-0.05, 0) is 63.6 Å². The van der Waals surface area contributed by atoms with Crippen LogP contribution in [0.5, 0.6) is 11.5 Å². The fraction of sp³-hybridized carbons (Fsp3) is 0.222. The quantitative estimate of drug-likeness (QED) is 0.340. The molecule has 35 heavy (non-hydrogen) atoms. The molecule has 8 heteroatoms. The Morgan fingerprint density at radius 2 is 1.83 bits per heavy atom. The molecule has 0 radical (unpaired) electrons. The predicted octanol–water partition coefficient (Wildman–Crippen LogP) is 6.13. The number of carbonyl (C=O) groups is 2. The number of carbonyl (C=O) groups excluding carboxylic acids is 2. The van der Waals surface area contributed by atoms with Gasteiger partial charge in [0.15, 0.2) is 11.5 Å². The molecular weight excluding hydrogens is 464 g/mol. The standard InChI is InChI=1S/C27H24N2O5S/c1-14(2)34-27(31)24-15(3)16(4)35-26(24)29-25(30)19-12-21(28-20-8-6-5-7-18(19)20)17-9-10-22-23(11-17)33-13-32-22/h5-12,14H,13H2,1-4H3,(H,29,30). The molecule has 0 saturated carbocycles. The first-order valence-electron chi connectivity index (χ1n) is 11.2. The zero-order valence-electron chi connectivity index (χ0n) is 19.8. The van der Waals surface area contributed by atoms with E-state index >= 15 is 0 Å². The van der Waals surface area contributed by atoms with Crippen molar-refractivity contribution in [2.45, 2.75) is 33.8 Å². The van der Waals surface area contributed by atoms with Gasteiger partial charge in [-0.15, -0.1) is 11.3 Å². The number of rotatable bonds is 5. The third kappa shape index (κ3) is 4.33. The number of para-hydroxylation sites is 1. The number of nitrogens with one attached hydrogen (secondary N) is 1. The summed E-state index contributed by atoms with van der Waals surface area (Å²) in [6.45, 7) is 7.55. The molecule has 0 bridgehead atoms. The molecule has 2 aromatic heterocycles. The van der Waals surface area contributed by atoms with Gasteiger partial charge in [-0.3, -0.25) is 4.79 Å². The van der Waals surface area contributed by atoms with Gasteiger partial charge >= 0.3 is 5.97 Å². The highest BCUT2D eigenvalue weighted by atomic mass is 32.1. The first-order valence-corrected chi connectivity index (χ1v) is 12.1. The van der Waals surface area contributed by atoms with Gasteiger partial charge in [0, 0.05) is 15.8 Å². The number of benzene rings is 2. The van der Waals surface area contributed by atoms with Crippen LogP contribution in [-0.4, -0.2) is 29.8 Å². The highest BCUT2D eigenvalue weighted by Crippen LogP contribution is 2.37. The molecule has 178 valence electrons. The number of esters is 1. The smallest absolute Gasteiger partial charge is 0.341 e. The van der Waals surface area contributed by atoms with Crippen LogP contribution in [0, 0.1) is 13.8 Å². The number of aryl methyl sites for hydroxylation is 1. The summed E-state index contributed by atoms with van der Waals surface area (Å²) in [5.41, 5.74) is 3.77. The largest absolute Gasteiger partial charge is 0.459 e. The Morgan fingerprint density at radius 1 is 1.06 bits per heavy atom. The van der Waals surface area contributed by atoms with E-state index in [-0.39, 0.29) is 18.8 Å². The maximum atomic E-state index is 13.6. The van der Waals surface area contributed by atoms with Crippen LogP contribution in [0.2, 0.25) is 0 Å². The van der Waals surface area contributed by atoms with E-state index in [2.05, 4.69) is 5.32 Å². The van der Waals surface area contributed by atoms with Gasteiger partial charge in [0.2, 0.25) is 6.79 Å². The van der Waals surface area contributed by atoms with Crippen molar-refractivity contribution in [1.29, 1.82) is 0 Å². The molecule has 0 saturated heterocycles. The van der Waals surface area contributed by atoms with Crippen molar-refractivity contribution in [2.75, 3.05) is 12.1 Å². The summed E-state index contributed by atoms with van der Waals surface area (Å²) in [7, 11) is 0. The third-order valence-corrected chi connectivity index (χ3v) is 6.91. The molecule has 0 spiro atoms. The molecule has 1 aliphatic heterocycles. The van der Waals surface area contributed by atoms with Crippen LogP contribution >= 0.6 is 11.3 Å². The molecule has 0 fully saturated rings. The first kappa shape index (κ1) is 22.9. The lowest BCUT2D eigenvalue weighted by atomic mass is 10.0. The molecule has 4 aromatic rings. The summed E-state index contributed by atoms with van der Waals surface area (Å²) >= 11 is 1.36. The Hall–Kier alpha value is -3.91. The maximum absolute atomic E-state index is 13.6. The summed E-state index contributed by atoms with van der Waals surface area (Å²) < 4.78 is 16.3. The number of thiophene rings is 1. The zero-order chi connectivity index (χ0) is 24.7. The minimum absolute atomic E-state index is 0.179. The number of hydrogen-bond donors (Lipinski definition) is 1. The van der Waals surface area contributed by atoms with E-state index in [0.717, 1.165) is 16.0 Å². The van der Waals surface area contributed by atoms with Gasteiger partial charge in [0.1, 0.15) is 5.00 Å². The number of hydrogen-bond acceptors (Lipinski definition) is 7. The van der Waals surface area contributed by atoms with E-state index in [9.17, 15) is 9.59 Å². The Morgan fingerprint density at radius 3 is 2.63 bits per heavy atom. The maximum Gasteiger partial charge on any atom is 0.341 e. The molecule has 0 atom stereocenters. The number of anilines is 1. The van der Waals surface area contributed by atoms with E-state index in [1.54, 1.807) is 19.9 Å². The van der Waals surface area contributed by atoms with Crippen molar-refractivity contribution in [3.63, 3.8) is 0 Å². The number of aromatic nitrogens is 1. The fourth-order valence-electron chi connectivity index (χ4n) is 3.97. The number of amides is 1. The van der Waals surface area contributed by atoms with E-state index < -0.39 is 5.97 Å². The molecule has 2 aromatic carbocycles. The lowest BCUT2D eigenvalue weighted by molar-refractivity contribution is 0.0379. The molecule has 3 heterocycles. The summed E-state index contributed by atoms with van der Waals surface area (Å²) in [5, 5.41) is 4.15. The van der Waals surface area contributed by atoms with Crippen molar-refractivity contribution < 1.29 is 23.8 Å². The van der Waals surface area contributed by atoms with E-state index in [0.29, 0.717) is 44.2 Å². The monoisotopic (exact) mass is 488 g/mol. The number of pyridine rings is 1. The van der Waals surface area contributed by atoms with Crippen molar-refractivity contribution in [3.8, 4) is 22.8 Å². The van der Waals surface area contributed by atoms with Gasteiger partial charge in [0.05, 0.1) is 28.4 Å². The van der Waals surface area contributed by atoms with Crippen LogP contribution in [-0.2, 0) is 4.74 Å². The van der Waals surface area contributed by atoms with E-state index in [1.165, 1.54) is 11.3 Å². The Kier molecular flexibility index (Phi) is 5.90.